The van der Waals surface area contributed by atoms with Crippen molar-refractivity contribution in [2.75, 3.05) is 79.0 Å². The highest BCUT2D eigenvalue weighted by Gasteiger charge is 2.47. The van der Waals surface area contributed by atoms with Gasteiger partial charge in [0.1, 0.15) is 90.3 Å². The quantitative estimate of drug-likeness (QED) is 0.0222. The van der Waals surface area contributed by atoms with Crippen LogP contribution in [0, 0.1) is 0 Å². The number of aromatic amines is 2. The van der Waals surface area contributed by atoms with Crippen LogP contribution in [0.4, 0.5) is 0 Å². The van der Waals surface area contributed by atoms with Crippen molar-refractivity contribution in [3.8, 4) is 5.75 Å². The minimum atomic E-state index is -1.90. The second kappa shape index (κ2) is 51.3. The number of para-hydroxylation sites is 2. The molecule has 8 rings (SSSR count). The number of hydrogen-bond acceptors (Lipinski definition) is 24. The number of aliphatic hydroxyl groups is 1. The Morgan fingerprint density at radius 3 is 1.64 bits per heavy atom. The Balaban J connectivity index is 1.19. The van der Waals surface area contributed by atoms with Gasteiger partial charge in [-0.1, -0.05) is 88.1 Å². The van der Waals surface area contributed by atoms with Crippen molar-refractivity contribution in [2.45, 2.75) is 233 Å². The number of carboxylic acids is 2. The lowest BCUT2D eigenvalue weighted by atomic mass is 9.99. The number of carbonyl (C=O) groups is 18. The number of nitrogens with zero attached hydrogens (tertiary/aromatic N) is 5. The summed E-state index contributed by atoms with van der Waals surface area (Å²) >= 11 is 0.719. The Hall–Kier alpha value is -12.8. The molecule has 16 amide bonds. The largest absolute Gasteiger partial charge is 0.497 e. The predicted octanol–water partition coefficient (Wildman–Crippen LogP) is -2.99. The number of aromatic nitrogens is 2. The van der Waals surface area contributed by atoms with Gasteiger partial charge < -0.3 is 131 Å². The Morgan fingerprint density at radius 1 is 0.511 bits per heavy atom. The lowest BCUT2D eigenvalue weighted by molar-refractivity contribution is -0.149. The maximum Gasteiger partial charge on any atom is 0.305 e. The number of nitrogens with one attached hydrogen (secondary N) is 12. The molecule has 3 aromatic carbocycles. The van der Waals surface area contributed by atoms with Gasteiger partial charge >= 0.3 is 11.9 Å². The number of aliphatic carboxylic acids is 2. The number of methoxy groups -OCH3 is 1. The smallest absolute Gasteiger partial charge is 0.305 e. The first-order valence-electron chi connectivity index (χ1n) is 44.7. The molecule has 3 saturated heterocycles. The monoisotopic (exact) mass is 1870 g/mol. The second-order valence-corrected chi connectivity index (χ2v) is 34.6. The maximum absolute atomic E-state index is 15.8. The molecule has 3 fully saturated rings. The van der Waals surface area contributed by atoms with E-state index in [1.54, 1.807) is 92.1 Å². The molecule has 3 aliphatic rings. The number of fused-ring (bicyclic) bond motifs is 4. The number of hydrogen-bond donors (Lipinski definition) is 19. The summed E-state index contributed by atoms with van der Waals surface area (Å²) in [4.78, 5) is 272. The fraction of sp³-hybridized carbons (Fsp3) is 0.551. The van der Waals surface area contributed by atoms with Crippen LogP contribution < -0.4 is 80.8 Å². The minimum absolute atomic E-state index is 0.0218. The van der Waals surface area contributed by atoms with E-state index in [4.69, 9.17) is 27.7 Å². The maximum atomic E-state index is 15.8. The van der Waals surface area contributed by atoms with E-state index in [2.05, 4.69) is 63.1 Å². The summed E-state index contributed by atoms with van der Waals surface area (Å²) < 4.78 is 5.32. The number of carbonyl (C=O) groups excluding carboxylic acids is 16. The van der Waals surface area contributed by atoms with E-state index in [0.717, 1.165) is 36.3 Å². The van der Waals surface area contributed by atoms with Gasteiger partial charge in [-0.2, -0.15) is 0 Å². The summed E-state index contributed by atoms with van der Waals surface area (Å²) in [7, 11) is 5.26. The van der Waals surface area contributed by atoms with Crippen molar-refractivity contribution in [1.82, 2.24) is 87.6 Å². The molecule has 44 heteroatoms. The summed E-state index contributed by atoms with van der Waals surface area (Å²) in [6.07, 6.45) is -0.00588. The Bertz CT molecular complexity index is 4960. The van der Waals surface area contributed by atoms with E-state index >= 15 is 33.6 Å². The summed E-state index contributed by atoms with van der Waals surface area (Å²) in [6.45, 7) is 2.77. The van der Waals surface area contributed by atoms with Crippen LogP contribution in [0.2, 0.25) is 0 Å². The van der Waals surface area contributed by atoms with E-state index in [9.17, 15) is 68.1 Å². The SMILES string of the molecule is CCCC[C@H]1C(=O)N(C)[C@@H](CCCC)C(=O)N[C@@H](CCC(=O)O)C(=O)N[C@H](C(=O)NCC(N)=O)CSCC(=O)N[C@@H](Cc2ccc(OC)cc2)C(=O)N(C)[C@@H](C)C(=O)N[C@@H](CC(=O)O)C(=O)N2CCC[C@H]2C(=O)NC(CN)C(=O)N[C@@H](CCCCN)C(=O)N2C[C@H](O)C[C@H]2C(=O)N[C@@H](Cc2c[nH]c3ccccc23)C(=O)N[C@@H](CCN)C(=O)N[C@@H](Cc2c[nH]c3ccccc23)C(=O)N1C. The second-order valence-electron chi connectivity index (χ2n) is 33.5. The van der Waals surface area contributed by atoms with Gasteiger partial charge in [-0.15, -0.1) is 11.8 Å². The van der Waals surface area contributed by atoms with E-state index in [1.165, 1.54) is 35.2 Å². The number of H-pyrrole nitrogens is 2. The van der Waals surface area contributed by atoms with Gasteiger partial charge in [0, 0.05) is 113 Å². The van der Waals surface area contributed by atoms with Gasteiger partial charge in [-0.3, -0.25) is 86.3 Å². The van der Waals surface area contributed by atoms with Gasteiger partial charge in [0.25, 0.3) is 0 Å². The lowest BCUT2D eigenvalue weighted by Gasteiger charge is -2.36. The molecule has 2 aromatic heterocycles. The van der Waals surface area contributed by atoms with Crippen LogP contribution in [0.3, 0.4) is 0 Å². The number of aliphatic hydroxyl groups excluding tert-OH is 1. The standard InChI is InChI=1S/C89H127N21O22S/c1-8-10-24-68-82(124)99-59(31-32-74(114)115)78(120)105-67(77(119)96-45-72(93)112)47-133-48-73(113)97-63(37-50-27-29-54(132-7)30-28-50)85(127)106(4)49(3)76(118)102-65(41-75(116)117)88(130)109-36-18-26-69(109)83(125)104-66(42-92)81(123)100-61(23-16-17-34-90)87(129)110-46-53(111)40-71(110)84(126)101-62(38-51-43-94-57-21-14-12-19-55(51)57)80(122)98-60(33-35-91)79(121)103-64(39-52-44-95-58-22-15-13-20-56(52)58)86(128)108(6)70(25-11-9-2)89(131)107(68)5/h12-15,19-22,27-30,43-44,49,53,59-71,94-95,111H,8-11,16-18,23-26,31-42,45-48,90-92H2,1-7H3,(H2,93,112)(H,96,119)(H,97,113)(H,98,122)(H,99,124)(H,100,123)(H,101,126)(H,102,118)(H,103,121)(H,104,125)(H,105,120)(H,114,115)(H,116,117)/t49-,53+,59-,60-,61-,62-,63-,64-,65-,66?,67-,68-,69-,70-,71-/m0/s1. The third-order valence-corrected chi connectivity index (χ3v) is 25.0. The van der Waals surface area contributed by atoms with Gasteiger partial charge in [0.05, 0.1) is 31.9 Å². The predicted molar refractivity (Wildman–Crippen MR) is 488 cm³/mol. The molecule has 5 heterocycles. The Morgan fingerprint density at radius 2 is 1.04 bits per heavy atom. The van der Waals surface area contributed by atoms with Crippen molar-refractivity contribution in [3.05, 3.63) is 102 Å². The fourth-order valence-corrected chi connectivity index (χ4v) is 17.2. The number of rotatable bonds is 28. The van der Waals surface area contributed by atoms with Gasteiger partial charge in [0.15, 0.2) is 0 Å². The average molecular weight is 1880 g/mol. The topological polar surface area (TPSA) is 649 Å². The molecule has 23 N–H and O–H groups in total. The van der Waals surface area contributed by atoms with Gasteiger partial charge in [-0.05, 0) is 119 Å². The van der Waals surface area contributed by atoms with E-state index < -0.39 is 254 Å². The van der Waals surface area contributed by atoms with Crippen LogP contribution in [-0.2, 0) is 106 Å². The molecule has 3 aliphatic heterocycles. The molecule has 0 aliphatic carbocycles. The number of unbranched alkanes of at least 4 members (excludes halogenated alkanes) is 3. The van der Waals surface area contributed by atoms with Crippen LogP contribution in [-0.4, -0.2) is 326 Å². The zero-order valence-corrected chi connectivity index (χ0v) is 76.7. The number of nitrogens with two attached hydrogens (primary N) is 4. The number of primary amides is 1. The molecular weight excluding hydrogens is 1750 g/mol. The molecule has 5 aromatic rings. The molecule has 0 radical (unpaired) electrons. The molecule has 133 heavy (non-hydrogen) atoms. The van der Waals surface area contributed by atoms with E-state index in [-0.39, 0.29) is 90.3 Å². The third kappa shape index (κ3) is 29.6. The zero-order chi connectivity index (χ0) is 97.4. The van der Waals surface area contributed by atoms with Crippen LogP contribution in [0.25, 0.3) is 21.8 Å². The molecular formula is C89H127N21O22S. The normalized spacial score (nSPS) is 24.9. The Kier molecular flexibility index (Phi) is 40.7. The number of amides is 16. The molecule has 726 valence electrons. The van der Waals surface area contributed by atoms with Crippen molar-refractivity contribution >= 4 is 140 Å². The molecule has 1 unspecified atom stereocenters. The minimum Gasteiger partial charge on any atom is -0.497 e. The number of ether oxygens (including phenoxy) is 1. The van der Waals surface area contributed by atoms with Crippen LogP contribution in [0.1, 0.15) is 140 Å². The highest BCUT2D eigenvalue weighted by Crippen LogP contribution is 2.28. The van der Waals surface area contributed by atoms with Crippen molar-refractivity contribution in [3.63, 3.8) is 0 Å². The number of likely N-dealkylation sites (N-methyl/N-ethyl adjacent to an activating group) is 3. The first-order valence-corrected chi connectivity index (χ1v) is 45.8. The summed E-state index contributed by atoms with van der Waals surface area (Å²) in [6, 6.07) is -1.69. The average Bonchev–Trinajstić information content (AvgIpc) is 1.73. The molecule has 0 spiro atoms. The van der Waals surface area contributed by atoms with E-state index in [0.29, 0.717) is 69.9 Å². The molecule has 0 saturated carbocycles. The van der Waals surface area contributed by atoms with Crippen LogP contribution in [0.5, 0.6) is 5.75 Å². The van der Waals surface area contributed by atoms with E-state index in [1.807, 2.05) is 6.92 Å². The fourth-order valence-electron chi connectivity index (χ4n) is 16.3. The van der Waals surface area contributed by atoms with Crippen LogP contribution >= 0.6 is 11.8 Å². The Labute approximate surface area is 773 Å². The first-order chi connectivity index (χ1) is 63.4. The molecule has 43 nitrogen and oxygen atoms in total. The number of carboxylic acid groups (broad SMARTS) is 2. The summed E-state index contributed by atoms with van der Waals surface area (Å²) in [5.41, 5.74) is 26.5. The highest BCUT2D eigenvalue weighted by atomic mass is 32.2. The van der Waals surface area contributed by atoms with Crippen molar-refractivity contribution < 1.29 is 106 Å². The number of benzene rings is 3. The first kappa shape index (κ1) is 106. The van der Waals surface area contributed by atoms with Gasteiger partial charge in [0.2, 0.25) is 94.5 Å². The van der Waals surface area contributed by atoms with Crippen molar-refractivity contribution in [1.29, 1.82) is 0 Å². The van der Waals surface area contributed by atoms with Gasteiger partial charge in [-0.25, -0.2) is 0 Å². The third-order valence-electron chi connectivity index (χ3n) is 23.9. The molecule has 0 bridgehead atoms. The summed E-state index contributed by atoms with van der Waals surface area (Å²) in [5.74, 6) is -19.1. The highest BCUT2D eigenvalue weighted by molar-refractivity contribution is 8.00. The lowest BCUT2D eigenvalue weighted by Crippen LogP contribution is -2.61. The molecule has 15 atom stereocenters. The number of thioether (sulfide) groups is 1. The zero-order valence-electron chi connectivity index (χ0n) is 75.9. The summed E-state index contributed by atoms with van der Waals surface area (Å²) in [5, 5.41) is 58.9. The van der Waals surface area contributed by atoms with Crippen LogP contribution in [0.15, 0.2) is 85.2 Å². The van der Waals surface area contributed by atoms with Crippen molar-refractivity contribution in [2.24, 2.45) is 22.9 Å².